The number of benzene rings is 1. The van der Waals surface area contributed by atoms with Gasteiger partial charge < -0.3 is 9.67 Å². The van der Waals surface area contributed by atoms with E-state index in [1.165, 1.54) is 16.7 Å². The summed E-state index contributed by atoms with van der Waals surface area (Å²) in [5, 5.41) is 18.0. The molecule has 0 spiro atoms. The SMILES string of the molecule is Cc1ccc(Cc2nnc3n2CC(CO)CC3)cc1C. The van der Waals surface area contributed by atoms with Gasteiger partial charge in [0.2, 0.25) is 0 Å². The summed E-state index contributed by atoms with van der Waals surface area (Å²) in [7, 11) is 0. The Hall–Kier alpha value is -1.68. The van der Waals surface area contributed by atoms with Crippen LogP contribution in [0.1, 0.15) is 34.8 Å². The minimum atomic E-state index is 0.251. The highest BCUT2D eigenvalue weighted by atomic mass is 16.3. The third-order valence-corrected chi connectivity index (χ3v) is 4.31. The predicted molar refractivity (Wildman–Crippen MR) is 77.6 cm³/mol. The molecule has 2 aromatic rings. The number of aromatic nitrogens is 3. The van der Waals surface area contributed by atoms with Crippen molar-refractivity contribution in [3.8, 4) is 0 Å². The highest BCUT2D eigenvalue weighted by Gasteiger charge is 2.22. The number of rotatable bonds is 3. The molecular weight excluding hydrogens is 250 g/mol. The number of nitrogens with zero attached hydrogens (tertiary/aromatic N) is 3. The van der Waals surface area contributed by atoms with Gasteiger partial charge >= 0.3 is 0 Å². The van der Waals surface area contributed by atoms with E-state index in [1.807, 2.05) is 0 Å². The number of aliphatic hydroxyl groups is 1. The van der Waals surface area contributed by atoms with Crippen LogP contribution in [0.5, 0.6) is 0 Å². The first kappa shape index (κ1) is 13.3. The Kier molecular flexibility index (Phi) is 3.57. The number of hydrogen-bond donors (Lipinski definition) is 1. The Morgan fingerprint density at radius 3 is 2.85 bits per heavy atom. The smallest absolute Gasteiger partial charge is 0.137 e. The summed E-state index contributed by atoms with van der Waals surface area (Å²) in [6, 6.07) is 6.55. The van der Waals surface area contributed by atoms with E-state index in [1.54, 1.807) is 0 Å². The molecule has 1 N–H and O–H groups in total. The van der Waals surface area contributed by atoms with Crippen molar-refractivity contribution in [2.24, 2.45) is 5.92 Å². The number of fused-ring (bicyclic) bond motifs is 1. The van der Waals surface area contributed by atoms with Crippen molar-refractivity contribution < 1.29 is 5.11 Å². The molecule has 0 aliphatic carbocycles. The summed E-state index contributed by atoms with van der Waals surface area (Å²) in [6.45, 7) is 5.36. The standard InChI is InChI=1S/C16H21N3O/c1-11-3-4-13(7-12(11)2)8-16-18-17-15-6-5-14(10-20)9-19(15)16/h3-4,7,14,20H,5-6,8-10H2,1-2H3. The van der Waals surface area contributed by atoms with Crippen LogP contribution in [0.2, 0.25) is 0 Å². The third kappa shape index (κ3) is 2.48. The third-order valence-electron chi connectivity index (χ3n) is 4.31. The Balaban J connectivity index is 1.85. The second kappa shape index (κ2) is 5.37. The van der Waals surface area contributed by atoms with Crippen LogP contribution in [0, 0.1) is 19.8 Å². The van der Waals surface area contributed by atoms with Gasteiger partial charge in [-0.15, -0.1) is 10.2 Å². The van der Waals surface area contributed by atoms with Crippen LogP contribution in [0.15, 0.2) is 18.2 Å². The van der Waals surface area contributed by atoms with Gasteiger partial charge in [0, 0.05) is 31.9 Å². The van der Waals surface area contributed by atoms with E-state index in [0.717, 1.165) is 37.5 Å². The second-order valence-corrected chi connectivity index (χ2v) is 5.83. The quantitative estimate of drug-likeness (QED) is 0.929. The molecule has 1 unspecified atom stereocenters. The van der Waals surface area contributed by atoms with Crippen LogP contribution in [0.3, 0.4) is 0 Å². The Morgan fingerprint density at radius 2 is 2.10 bits per heavy atom. The van der Waals surface area contributed by atoms with Crippen LogP contribution in [0.25, 0.3) is 0 Å². The van der Waals surface area contributed by atoms with Crippen LogP contribution < -0.4 is 0 Å². The Morgan fingerprint density at radius 1 is 1.25 bits per heavy atom. The van der Waals surface area contributed by atoms with Gasteiger partial charge in [-0.3, -0.25) is 0 Å². The van der Waals surface area contributed by atoms with Crippen LogP contribution >= 0.6 is 0 Å². The maximum absolute atomic E-state index is 9.35. The molecule has 4 heteroatoms. The highest BCUT2D eigenvalue weighted by molar-refractivity contribution is 5.31. The average molecular weight is 271 g/mol. The van der Waals surface area contributed by atoms with Crippen molar-refractivity contribution in [1.82, 2.24) is 14.8 Å². The molecule has 3 rings (SSSR count). The van der Waals surface area contributed by atoms with Crippen molar-refractivity contribution in [3.05, 3.63) is 46.5 Å². The number of aliphatic hydroxyl groups excluding tert-OH is 1. The molecule has 106 valence electrons. The maximum atomic E-state index is 9.35. The second-order valence-electron chi connectivity index (χ2n) is 5.83. The van der Waals surface area contributed by atoms with Gasteiger partial charge in [-0.2, -0.15) is 0 Å². The lowest BCUT2D eigenvalue weighted by molar-refractivity contribution is 0.189. The molecule has 0 bridgehead atoms. The molecule has 0 radical (unpaired) electrons. The largest absolute Gasteiger partial charge is 0.396 e. The zero-order valence-corrected chi connectivity index (χ0v) is 12.1. The molecule has 0 saturated carbocycles. The summed E-state index contributed by atoms with van der Waals surface area (Å²) < 4.78 is 2.19. The minimum Gasteiger partial charge on any atom is -0.396 e. The summed E-state index contributed by atoms with van der Waals surface area (Å²) in [5.74, 6) is 2.42. The predicted octanol–water partition coefficient (Wildman–Crippen LogP) is 2.04. The molecule has 1 aliphatic heterocycles. The molecule has 2 heterocycles. The molecule has 1 aromatic carbocycles. The van der Waals surface area contributed by atoms with Gasteiger partial charge in [-0.25, -0.2) is 0 Å². The fourth-order valence-corrected chi connectivity index (χ4v) is 2.83. The molecule has 0 fully saturated rings. The first-order chi connectivity index (χ1) is 9.67. The normalized spacial score (nSPS) is 18.1. The molecule has 1 aliphatic rings. The lowest BCUT2D eigenvalue weighted by Crippen LogP contribution is -2.24. The van der Waals surface area contributed by atoms with E-state index in [-0.39, 0.29) is 6.61 Å². The lowest BCUT2D eigenvalue weighted by atomic mass is 10.00. The molecular formula is C16H21N3O. The van der Waals surface area contributed by atoms with Gasteiger partial charge in [0.25, 0.3) is 0 Å². The summed E-state index contributed by atoms with van der Waals surface area (Å²) in [5.41, 5.74) is 3.90. The summed E-state index contributed by atoms with van der Waals surface area (Å²) >= 11 is 0. The first-order valence-electron chi connectivity index (χ1n) is 7.25. The van der Waals surface area contributed by atoms with Crippen LogP contribution in [-0.2, 0) is 19.4 Å². The Labute approximate surface area is 119 Å². The van der Waals surface area contributed by atoms with E-state index in [2.05, 4.69) is 46.8 Å². The zero-order chi connectivity index (χ0) is 14.1. The van der Waals surface area contributed by atoms with Gasteiger partial charge in [0.15, 0.2) is 0 Å². The number of aryl methyl sites for hydroxylation is 3. The van der Waals surface area contributed by atoms with Gasteiger partial charge in [0.1, 0.15) is 11.6 Å². The van der Waals surface area contributed by atoms with Crippen molar-refractivity contribution in [1.29, 1.82) is 0 Å². The molecule has 1 aromatic heterocycles. The van der Waals surface area contributed by atoms with Crippen molar-refractivity contribution >= 4 is 0 Å². The highest BCUT2D eigenvalue weighted by Crippen LogP contribution is 2.21. The van der Waals surface area contributed by atoms with E-state index in [0.29, 0.717) is 5.92 Å². The van der Waals surface area contributed by atoms with E-state index >= 15 is 0 Å². The van der Waals surface area contributed by atoms with Crippen molar-refractivity contribution in [3.63, 3.8) is 0 Å². The van der Waals surface area contributed by atoms with Crippen molar-refractivity contribution in [2.45, 2.75) is 39.7 Å². The fourth-order valence-electron chi connectivity index (χ4n) is 2.83. The van der Waals surface area contributed by atoms with Crippen molar-refractivity contribution in [2.75, 3.05) is 6.61 Å². The molecule has 4 nitrogen and oxygen atoms in total. The van der Waals surface area contributed by atoms with Crippen LogP contribution in [0.4, 0.5) is 0 Å². The van der Waals surface area contributed by atoms with Gasteiger partial charge in [0.05, 0.1) is 0 Å². The molecule has 0 saturated heterocycles. The van der Waals surface area contributed by atoms with E-state index in [4.69, 9.17) is 0 Å². The molecule has 20 heavy (non-hydrogen) atoms. The summed E-state index contributed by atoms with van der Waals surface area (Å²) in [4.78, 5) is 0. The topological polar surface area (TPSA) is 50.9 Å². The molecule has 1 atom stereocenters. The maximum Gasteiger partial charge on any atom is 0.137 e. The van der Waals surface area contributed by atoms with E-state index in [9.17, 15) is 5.11 Å². The lowest BCUT2D eigenvalue weighted by Gasteiger charge is -2.22. The zero-order valence-electron chi connectivity index (χ0n) is 12.1. The van der Waals surface area contributed by atoms with Gasteiger partial charge in [-0.05, 0) is 37.0 Å². The summed E-state index contributed by atoms with van der Waals surface area (Å²) in [6.07, 6.45) is 2.75. The van der Waals surface area contributed by atoms with Crippen LogP contribution in [-0.4, -0.2) is 26.5 Å². The Bertz CT molecular complexity index is 618. The average Bonchev–Trinajstić information content (AvgIpc) is 2.85. The number of hydrogen-bond acceptors (Lipinski definition) is 3. The first-order valence-corrected chi connectivity index (χ1v) is 7.25. The molecule has 0 amide bonds. The monoisotopic (exact) mass is 271 g/mol. The fraction of sp³-hybridized carbons (Fsp3) is 0.500. The van der Waals surface area contributed by atoms with E-state index < -0.39 is 0 Å². The van der Waals surface area contributed by atoms with Gasteiger partial charge in [-0.1, -0.05) is 18.2 Å². The minimum absolute atomic E-state index is 0.251.